The highest BCUT2D eigenvalue weighted by Gasteiger charge is 2.25. The lowest BCUT2D eigenvalue weighted by Gasteiger charge is -2.37. The molecule has 3 heterocycles. The number of ether oxygens (including phenoxy) is 1. The smallest absolute Gasteiger partial charge is 0.261 e. The quantitative estimate of drug-likeness (QED) is 0.262. The molecule has 0 aliphatic carbocycles. The van der Waals surface area contributed by atoms with Crippen LogP contribution in [0.1, 0.15) is 16.8 Å². The van der Waals surface area contributed by atoms with Crippen LogP contribution in [0, 0.1) is 6.92 Å². The van der Waals surface area contributed by atoms with Crippen molar-refractivity contribution in [2.75, 3.05) is 42.2 Å². The molecule has 39 heavy (non-hydrogen) atoms. The molecule has 0 atom stereocenters. The van der Waals surface area contributed by atoms with Gasteiger partial charge in [-0.2, -0.15) is 8.42 Å². The van der Waals surface area contributed by atoms with E-state index in [1.165, 1.54) is 0 Å². The molecule has 1 aliphatic heterocycles. The van der Waals surface area contributed by atoms with Crippen molar-refractivity contribution in [3.05, 3.63) is 92.7 Å². The van der Waals surface area contributed by atoms with Crippen molar-refractivity contribution in [2.24, 2.45) is 0 Å². The summed E-state index contributed by atoms with van der Waals surface area (Å²) in [6.45, 7) is 6.32. The van der Waals surface area contributed by atoms with Gasteiger partial charge in [0.25, 0.3) is 10.1 Å². The molecule has 1 saturated heterocycles. The SMILES string of the molecule is CS(=O)(=O)O.Cc1cc(Cl)cn2c(COCc3ccccc3)c(N3CCN(c4ccc(Cl)cc4Cl)CC3)nc12. The molecular formula is C27H29Cl3N4O4S. The third-order valence-corrected chi connectivity index (χ3v) is 6.87. The molecule has 0 spiro atoms. The fourth-order valence-electron chi connectivity index (χ4n) is 4.43. The van der Waals surface area contributed by atoms with Gasteiger partial charge in [-0.15, -0.1) is 0 Å². The maximum atomic E-state index is 9.19. The number of nitrogens with zero attached hydrogens (tertiary/aromatic N) is 4. The third-order valence-electron chi connectivity index (χ3n) is 6.13. The minimum absolute atomic E-state index is 0.439. The highest BCUT2D eigenvalue weighted by atomic mass is 35.5. The summed E-state index contributed by atoms with van der Waals surface area (Å²) in [6.07, 6.45) is 2.64. The number of hydrogen-bond acceptors (Lipinski definition) is 6. The van der Waals surface area contributed by atoms with Crippen molar-refractivity contribution in [1.82, 2.24) is 9.38 Å². The average Bonchev–Trinajstić information content (AvgIpc) is 3.23. The van der Waals surface area contributed by atoms with Crippen molar-refractivity contribution in [3.8, 4) is 0 Å². The molecule has 1 aliphatic rings. The Morgan fingerprint density at radius 1 is 0.923 bits per heavy atom. The topological polar surface area (TPSA) is 87.4 Å². The van der Waals surface area contributed by atoms with Crippen LogP contribution in [0.15, 0.2) is 60.8 Å². The summed E-state index contributed by atoms with van der Waals surface area (Å²) in [4.78, 5) is 9.63. The van der Waals surface area contributed by atoms with Crippen LogP contribution >= 0.6 is 34.8 Å². The molecule has 208 valence electrons. The highest BCUT2D eigenvalue weighted by molar-refractivity contribution is 7.85. The van der Waals surface area contributed by atoms with Crippen molar-refractivity contribution in [1.29, 1.82) is 0 Å². The van der Waals surface area contributed by atoms with E-state index in [2.05, 4.69) is 26.3 Å². The molecule has 2 aromatic carbocycles. The van der Waals surface area contributed by atoms with Crippen molar-refractivity contribution < 1.29 is 17.7 Å². The first kappa shape index (κ1) is 29.5. The zero-order valence-electron chi connectivity index (χ0n) is 21.5. The number of anilines is 2. The van der Waals surface area contributed by atoms with Gasteiger partial charge in [0.15, 0.2) is 5.82 Å². The van der Waals surface area contributed by atoms with Gasteiger partial charge in [-0.05, 0) is 42.3 Å². The maximum Gasteiger partial charge on any atom is 0.261 e. The first-order valence-electron chi connectivity index (χ1n) is 12.2. The predicted molar refractivity (Wildman–Crippen MR) is 158 cm³/mol. The predicted octanol–water partition coefficient (Wildman–Crippen LogP) is 6.15. The summed E-state index contributed by atoms with van der Waals surface area (Å²) >= 11 is 18.9. The van der Waals surface area contributed by atoms with Gasteiger partial charge < -0.3 is 14.5 Å². The minimum Gasteiger partial charge on any atom is -0.370 e. The number of rotatable bonds is 6. The Morgan fingerprint density at radius 3 is 2.21 bits per heavy atom. The van der Waals surface area contributed by atoms with E-state index in [-0.39, 0.29) is 0 Å². The van der Waals surface area contributed by atoms with Crippen LogP contribution in [0.5, 0.6) is 0 Å². The lowest BCUT2D eigenvalue weighted by Crippen LogP contribution is -2.47. The van der Waals surface area contributed by atoms with Gasteiger partial charge in [-0.3, -0.25) is 8.95 Å². The molecule has 12 heteroatoms. The number of halogens is 3. The first-order chi connectivity index (χ1) is 18.5. The Bertz CT molecular complexity index is 1530. The van der Waals surface area contributed by atoms with Crippen LogP contribution in [-0.4, -0.2) is 54.8 Å². The average molecular weight is 612 g/mol. The number of pyridine rings is 1. The number of hydrogen-bond donors (Lipinski definition) is 1. The van der Waals surface area contributed by atoms with Crippen LogP contribution in [0.3, 0.4) is 0 Å². The first-order valence-corrected chi connectivity index (χ1v) is 15.1. The van der Waals surface area contributed by atoms with Crippen molar-refractivity contribution in [2.45, 2.75) is 20.1 Å². The van der Waals surface area contributed by atoms with E-state index >= 15 is 0 Å². The summed E-state index contributed by atoms with van der Waals surface area (Å²) in [5, 5.41) is 2.00. The van der Waals surface area contributed by atoms with E-state index < -0.39 is 10.1 Å². The fraction of sp³-hybridized carbons (Fsp3) is 0.296. The van der Waals surface area contributed by atoms with E-state index in [4.69, 9.17) is 49.1 Å². The van der Waals surface area contributed by atoms with E-state index in [0.717, 1.165) is 60.2 Å². The molecule has 0 bridgehead atoms. The number of imidazole rings is 1. The number of fused-ring (bicyclic) bond motifs is 1. The van der Waals surface area contributed by atoms with Gasteiger partial charge in [-0.1, -0.05) is 65.1 Å². The van der Waals surface area contributed by atoms with Crippen molar-refractivity contribution >= 4 is 62.1 Å². The second-order valence-electron chi connectivity index (χ2n) is 9.20. The molecule has 0 unspecified atom stereocenters. The molecule has 8 nitrogen and oxygen atoms in total. The molecule has 0 amide bonds. The van der Waals surface area contributed by atoms with Gasteiger partial charge in [0.2, 0.25) is 0 Å². The molecule has 1 N–H and O–H groups in total. The molecule has 4 aromatic rings. The normalized spacial score (nSPS) is 13.9. The van der Waals surface area contributed by atoms with Crippen LogP contribution in [0.4, 0.5) is 11.5 Å². The summed E-state index contributed by atoms with van der Waals surface area (Å²) in [7, 11) is -3.67. The van der Waals surface area contributed by atoms with Crippen LogP contribution < -0.4 is 9.80 Å². The van der Waals surface area contributed by atoms with E-state index in [1.807, 2.05) is 49.5 Å². The summed E-state index contributed by atoms with van der Waals surface area (Å²) < 4.78 is 34.1. The second-order valence-corrected chi connectivity index (χ2v) is 11.9. The Morgan fingerprint density at radius 2 is 1.56 bits per heavy atom. The van der Waals surface area contributed by atoms with Crippen LogP contribution in [0.25, 0.3) is 5.65 Å². The Hall–Kier alpha value is -2.53. The van der Waals surface area contributed by atoms with Gasteiger partial charge in [-0.25, -0.2) is 4.98 Å². The monoisotopic (exact) mass is 610 g/mol. The lowest BCUT2D eigenvalue weighted by molar-refractivity contribution is 0.104. The Balaban J connectivity index is 0.000000648. The number of benzene rings is 2. The molecule has 1 fully saturated rings. The summed E-state index contributed by atoms with van der Waals surface area (Å²) in [5.74, 6) is 0.945. The third kappa shape index (κ3) is 8.00. The fourth-order valence-corrected chi connectivity index (χ4v) is 5.22. The number of aromatic nitrogens is 2. The van der Waals surface area contributed by atoms with Gasteiger partial charge >= 0.3 is 0 Å². The lowest BCUT2D eigenvalue weighted by atomic mass is 10.2. The molecular weight excluding hydrogens is 583 g/mol. The van der Waals surface area contributed by atoms with Crippen LogP contribution in [0.2, 0.25) is 15.1 Å². The molecule has 5 rings (SSSR count). The minimum atomic E-state index is -3.67. The zero-order chi connectivity index (χ0) is 28.2. The zero-order valence-corrected chi connectivity index (χ0v) is 24.6. The number of piperazine rings is 1. The summed E-state index contributed by atoms with van der Waals surface area (Å²) in [6, 6.07) is 17.8. The van der Waals surface area contributed by atoms with E-state index in [1.54, 1.807) is 6.07 Å². The molecule has 0 saturated carbocycles. The maximum absolute atomic E-state index is 9.19. The molecule has 0 radical (unpaired) electrons. The van der Waals surface area contributed by atoms with E-state index in [0.29, 0.717) is 34.5 Å². The standard InChI is InChI=1S/C26H25Cl3N4O.CH4O3S/c1-18-13-21(28)15-33-24(17-34-16-19-5-3-2-4-6-19)26(30-25(18)33)32-11-9-31(10-12-32)23-8-7-20(27)14-22(23)29;1-5(2,3)4/h2-8,13-15H,9-12,16-17H2,1H3;1H3,(H,2,3,4). The largest absolute Gasteiger partial charge is 0.370 e. The number of aryl methyl sites for hydroxylation is 1. The van der Waals surface area contributed by atoms with Crippen LogP contribution in [-0.2, 0) is 28.1 Å². The van der Waals surface area contributed by atoms with E-state index in [9.17, 15) is 8.42 Å². The Labute approximate surface area is 243 Å². The van der Waals surface area contributed by atoms with Crippen molar-refractivity contribution in [3.63, 3.8) is 0 Å². The summed E-state index contributed by atoms with van der Waals surface area (Å²) in [5.41, 5.74) is 5.10. The van der Waals surface area contributed by atoms with Gasteiger partial charge in [0.1, 0.15) is 5.65 Å². The highest BCUT2D eigenvalue weighted by Crippen LogP contribution is 2.32. The van der Waals surface area contributed by atoms with Gasteiger partial charge in [0, 0.05) is 37.4 Å². The van der Waals surface area contributed by atoms with Gasteiger partial charge in [0.05, 0.1) is 40.9 Å². The second kappa shape index (κ2) is 12.8. The Kier molecular flexibility index (Phi) is 9.64. The molecule has 2 aromatic heterocycles.